The van der Waals surface area contributed by atoms with E-state index in [1.54, 1.807) is 11.9 Å². The van der Waals surface area contributed by atoms with Crippen LogP contribution in [0.4, 0.5) is 0 Å². The van der Waals surface area contributed by atoms with Gasteiger partial charge in [0, 0.05) is 18.3 Å². The topological polar surface area (TPSA) is 77.8 Å². The molecule has 25 heavy (non-hydrogen) atoms. The predicted octanol–water partition coefficient (Wildman–Crippen LogP) is 3.04. The van der Waals surface area contributed by atoms with Gasteiger partial charge in [0.2, 0.25) is 0 Å². The lowest BCUT2D eigenvalue weighted by molar-refractivity contribution is -0.157. The van der Waals surface area contributed by atoms with Crippen LogP contribution < -0.4 is 0 Å². The van der Waals surface area contributed by atoms with Crippen LogP contribution in [0.3, 0.4) is 0 Å². The lowest BCUT2D eigenvalue weighted by atomic mass is 9.80. The molecule has 2 unspecified atom stereocenters. The van der Waals surface area contributed by atoms with Crippen molar-refractivity contribution in [3.05, 3.63) is 71.8 Å². The largest absolute Gasteiger partial charge is 0.481 e. The van der Waals surface area contributed by atoms with Gasteiger partial charge in [-0.3, -0.25) is 4.79 Å². The van der Waals surface area contributed by atoms with Gasteiger partial charge in [-0.25, -0.2) is 4.79 Å². The fraction of sp³-hybridized carbons (Fsp3) is 0.200. The van der Waals surface area contributed by atoms with Gasteiger partial charge in [-0.1, -0.05) is 60.7 Å². The maximum absolute atomic E-state index is 12.1. The number of carboxylic acid groups (broad SMARTS) is 2. The van der Waals surface area contributed by atoms with Gasteiger partial charge >= 0.3 is 11.9 Å². The first kappa shape index (κ1) is 16.8. The first-order valence-electron chi connectivity index (χ1n) is 7.94. The van der Waals surface area contributed by atoms with Gasteiger partial charge in [0.1, 0.15) is 5.92 Å². The number of aliphatic carboxylic acids is 2. The molecule has 1 aliphatic rings. The number of likely N-dealkylation sites (N-methyl/N-ethyl adjacent to an activating group) is 1. The van der Waals surface area contributed by atoms with Gasteiger partial charge in [0.25, 0.3) is 0 Å². The van der Waals surface area contributed by atoms with Crippen molar-refractivity contribution < 1.29 is 19.8 Å². The van der Waals surface area contributed by atoms with Crippen LogP contribution in [0.15, 0.2) is 60.7 Å². The molecule has 2 N–H and O–H groups in total. The van der Waals surface area contributed by atoms with E-state index in [1.807, 2.05) is 60.7 Å². The molecular formula is C20H19NO4. The highest BCUT2D eigenvalue weighted by Crippen LogP contribution is 2.49. The minimum Gasteiger partial charge on any atom is -0.481 e. The number of benzene rings is 2. The molecule has 0 aromatic heterocycles. The Labute approximate surface area is 145 Å². The van der Waals surface area contributed by atoms with E-state index < -0.39 is 23.4 Å². The molecule has 1 aliphatic heterocycles. The molecule has 2 aromatic carbocycles. The van der Waals surface area contributed by atoms with Crippen molar-refractivity contribution in [1.82, 2.24) is 4.90 Å². The summed E-state index contributed by atoms with van der Waals surface area (Å²) in [6.45, 7) is 1.47. The van der Waals surface area contributed by atoms with Gasteiger partial charge in [0.15, 0.2) is 5.54 Å². The molecule has 1 heterocycles. The summed E-state index contributed by atoms with van der Waals surface area (Å²) in [5, 5.41) is 19.7. The van der Waals surface area contributed by atoms with Crippen molar-refractivity contribution in [3.8, 4) is 0 Å². The number of nitrogens with zero attached hydrogens (tertiary/aromatic N) is 1. The van der Waals surface area contributed by atoms with E-state index >= 15 is 0 Å². The molecule has 0 fully saturated rings. The summed E-state index contributed by atoms with van der Waals surface area (Å²) < 4.78 is 0. The minimum atomic E-state index is -1.58. The smallest absolute Gasteiger partial charge is 0.330 e. The number of carboxylic acids is 2. The molecule has 128 valence electrons. The van der Waals surface area contributed by atoms with Crippen LogP contribution in [0.25, 0.3) is 11.3 Å². The second-order valence-electron chi connectivity index (χ2n) is 6.28. The lowest BCUT2D eigenvalue weighted by Crippen LogP contribution is -2.53. The number of hydrogen-bond acceptors (Lipinski definition) is 3. The van der Waals surface area contributed by atoms with Crippen LogP contribution in [0, 0.1) is 5.92 Å². The molecule has 0 radical (unpaired) electrons. The van der Waals surface area contributed by atoms with Crippen LogP contribution in [0.2, 0.25) is 0 Å². The number of carbonyl (C=O) groups is 2. The maximum atomic E-state index is 12.1. The Bertz CT molecular complexity index is 845. The van der Waals surface area contributed by atoms with Crippen LogP contribution in [-0.4, -0.2) is 39.6 Å². The molecule has 0 spiro atoms. The molecule has 2 aromatic rings. The summed E-state index contributed by atoms with van der Waals surface area (Å²) in [6.07, 6.45) is 0. The monoisotopic (exact) mass is 337 g/mol. The first-order chi connectivity index (χ1) is 11.9. The van der Waals surface area contributed by atoms with Crippen molar-refractivity contribution in [1.29, 1.82) is 0 Å². The zero-order chi connectivity index (χ0) is 18.2. The van der Waals surface area contributed by atoms with Gasteiger partial charge in [-0.15, -0.1) is 0 Å². The Hall–Kier alpha value is -3.08. The van der Waals surface area contributed by atoms with Crippen LogP contribution >= 0.6 is 0 Å². The van der Waals surface area contributed by atoms with E-state index in [2.05, 4.69) is 0 Å². The van der Waals surface area contributed by atoms with Crippen LogP contribution in [0.1, 0.15) is 18.1 Å². The molecule has 0 amide bonds. The molecule has 5 heteroatoms. The van der Waals surface area contributed by atoms with Crippen LogP contribution in [0.5, 0.6) is 0 Å². The van der Waals surface area contributed by atoms with Gasteiger partial charge < -0.3 is 15.1 Å². The molecular weight excluding hydrogens is 318 g/mol. The normalized spacial score (nSPS) is 23.0. The molecule has 0 saturated carbocycles. The highest BCUT2D eigenvalue weighted by Gasteiger charge is 2.57. The highest BCUT2D eigenvalue weighted by atomic mass is 16.4. The zero-order valence-corrected chi connectivity index (χ0v) is 14.0. The molecule has 0 aliphatic carbocycles. The zero-order valence-electron chi connectivity index (χ0n) is 14.0. The summed E-state index contributed by atoms with van der Waals surface area (Å²) in [5.74, 6) is -3.50. The fourth-order valence-corrected chi connectivity index (χ4v) is 3.52. The van der Waals surface area contributed by atoms with Crippen molar-refractivity contribution in [2.24, 2.45) is 5.92 Å². The fourth-order valence-electron chi connectivity index (χ4n) is 3.52. The molecule has 0 saturated heterocycles. The first-order valence-corrected chi connectivity index (χ1v) is 7.94. The van der Waals surface area contributed by atoms with Crippen molar-refractivity contribution >= 4 is 23.2 Å². The Morgan fingerprint density at radius 1 is 0.920 bits per heavy atom. The summed E-state index contributed by atoms with van der Waals surface area (Å²) in [4.78, 5) is 25.7. The average Bonchev–Trinajstić information content (AvgIpc) is 2.86. The van der Waals surface area contributed by atoms with Crippen LogP contribution in [-0.2, 0) is 9.59 Å². The minimum absolute atomic E-state index is 0.520. The third-order valence-electron chi connectivity index (χ3n) is 4.95. The molecule has 0 bridgehead atoms. The Kier molecular flexibility index (Phi) is 4.08. The highest BCUT2D eigenvalue weighted by molar-refractivity contribution is 6.08. The third kappa shape index (κ3) is 2.48. The van der Waals surface area contributed by atoms with E-state index in [1.165, 1.54) is 6.92 Å². The van der Waals surface area contributed by atoms with Crippen molar-refractivity contribution in [2.45, 2.75) is 12.5 Å². The molecule has 5 nitrogen and oxygen atoms in total. The van der Waals surface area contributed by atoms with Gasteiger partial charge in [0.05, 0.1) is 0 Å². The van der Waals surface area contributed by atoms with E-state index in [0.29, 0.717) is 16.8 Å². The Balaban J connectivity index is 2.35. The maximum Gasteiger partial charge on any atom is 0.330 e. The van der Waals surface area contributed by atoms with Gasteiger partial charge in [-0.2, -0.15) is 0 Å². The predicted molar refractivity (Wildman–Crippen MR) is 94.6 cm³/mol. The van der Waals surface area contributed by atoms with E-state index in [-0.39, 0.29) is 0 Å². The van der Waals surface area contributed by atoms with Gasteiger partial charge in [-0.05, 0) is 18.1 Å². The third-order valence-corrected chi connectivity index (χ3v) is 4.95. The van der Waals surface area contributed by atoms with E-state index in [0.717, 1.165) is 5.56 Å². The summed E-state index contributed by atoms with van der Waals surface area (Å²) in [6, 6.07) is 18.4. The second kappa shape index (κ2) is 6.09. The molecule has 2 atom stereocenters. The lowest BCUT2D eigenvalue weighted by Gasteiger charge is -2.34. The molecule has 3 rings (SSSR count). The standard InChI is InChI=1S/C20H19NO4/c1-20(19(24)25)16(18(22)23)15(13-9-5-3-6-10-13)17(21(20)2)14-11-7-4-8-12-14/h3-12,16H,1-2H3,(H,22,23)(H,24,25). The van der Waals surface area contributed by atoms with E-state index in [9.17, 15) is 19.8 Å². The Morgan fingerprint density at radius 2 is 1.40 bits per heavy atom. The Morgan fingerprint density at radius 3 is 1.84 bits per heavy atom. The van der Waals surface area contributed by atoms with E-state index in [4.69, 9.17) is 0 Å². The SMILES string of the molecule is CN1C(c2ccccc2)=C(c2ccccc2)C(C(=O)O)C1(C)C(=O)O. The summed E-state index contributed by atoms with van der Waals surface area (Å²) >= 11 is 0. The quantitative estimate of drug-likeness (QED) is 0.896. The summed E-state index contributed by atoms with van der Waals surface area (Å²) in [7, 11) is 1.64. The van der Waals surface area contributed by atoms with Crippen molar-refractivity contribution in [2.75, 3.05) is 7.05 Å². The summed E-state index contributed by atoms with van der Waals surface area (Å²) in [5.41, 5.74) is 1.07. The van der Waals surface area contributed by atoms with Crippen molar-refractivity contribution in [3.63, 3.8) is 0 Å². The average molecular weight is 337 g/mol. The second-order valence-corrected chi connectivity index (χ2v) is 6.28. The number of rotatable bonds is 4. The number of hydrogen-bond donors (Lipinski definition) is 2.